The van der Waals surface area contributed by atoms with Gasteiger partial charge in [-0.05, 0) is 36.0 Å². The topological polar surface area (TPSA) is 20.2 Å². The number of benzene rings is 1. The Bertz CT molecular complexity index is 371. The van der Waals surface area contributed by atoms with E-state index >= 15 is 0 Å². The van der Waals surface area contributed by atoms with E-state index in [4.69, 9.17) is 0 Å². The Labute approximate surface area is 98.8 Å². The molecule has 1 N–H and O–H groups in total. The average molecular weight is 218 g/mol. The van der Waals surface area contributed by atoms with Gasteiger partial charge < -0.3 is 5.11 Å². The van der Waals surface area contributed by atoms with Crippen LogP contribution in [0.2, 0.25) is 0 Å². The third-order valence-electron chi connectivity index (χ3n) is 2.84. The van der Waals surface area contributed by atoms with Crippen LogP contribution in [0.3, 0.4) is 0 Å². The Kier molecular flexibility index (Phi) is 3.30. The number of rotatable bonds is 2. The van der Waals surface area contributed by atoms with Crippen LogP contribution < -0.4 is 0 Å². The van der Waals surface area contributed by atoms with E-state index < -0.39 is 5.60 Å². The summed E-state index contributed by atoms with van der Waals surface area (Å²) in [7, 11) is 0. The Balaban J connectivity index is 3.01. The molecule has 1 nitrogen and oxygen atoms in total. The van der Waals surface area contributed by atoms with Crippen molar-refractivity contribution in [2.24, 2.45) is 0 Å². The van der Waals surface area contributed by atoms with Crippen molar-refractivity contribution in [2.45, 2.75) is 45.6 Å². The van der Waals surface area contributed by atoms with E-state index in [2.05, 4.69) is 39.5 Å². The number of aliphatic hydroxyl groups is 1. The van der Waals surface area contributed by atoms with Crippen LogP contribution in [0.4, 0.5) is 0 Å². The summed E-state index contributed by atoms with van der Waals surface area (Å²) < 4.78 is 0. The lowest BCUT2D eigenvalue weighted by molar-refractivity contribution is 0.144. The SMILES string of the molecule is C=C(c1ccc(C(C)(C)C)cc1)C(C)(C)O. The molecule has 1 aromatic rings. The Morgan fingerprint density at radius 2 is 1.44 bits per heavy atom. The molecule has 1 heteroatoms. The van der Waals surface area contributed by atoms with E-state index in [1.807, 2.05) is 12.1 Å². The highest BCUT2D eigenvalue weighted by Crippen LogP contribution is 2.28. The standard InChI is InChI=1S/C15H22O/c1-11(15(5,6)16)12-7-9-13(10-8-12)14(2,3)4/h7-10,16H,1H2,2-6H3. The fourth-order valence-corrected chi connectivity index (χ4v) is 1.52. The monoisotopic (exact) mass is 218 g/mol. The van der Waals surface area contributed by atoms with Crippen LogP contribution in [0.1, 0.15) is 45.7 Å². The van der Waals surface area contributed by atoms with Crippen molar-refractivity contribution >= 4 is 5.57 Å². The molecule has 0 aliphatic heterocycles. The van der Waals surface area contributed by atoms with Crippen molar-refractivity contribution < 1.29 is 5.11 Å². The minimum Gasteiger partial charge on any atom is -0.386 e. The van der Waals surface area contributed by atoms with Gasteiger partial charge in [0.1, 0.15) is 0 Å². The molecule has 0 aliphatic carbocycles. The van der Waals surface area contributed by atoms with Gasteiger partial charge in [-0.15, -0.1) is 0 Å². The fourth-order valence-electron chi connectivity index (χ4n) is 1.52. The molecule has 0 radical (unpaired) electrons. The molecule has 0 aromatic heterocycles. The first-order chi connectivity index (χ1) is 7.12. The van der Waals surface area contributed by atoms with E-state index in [0.717, 1.165) is 11.1 Å². The van der Waals surface area contributed by atoms with E-state index in [-0.39, 0.29) is 5.41 Å². The molecule has 88 valence electrons. The van der Waals surface area contributed by atoms with Gasteiger partial charge in [0, 0.05) is 0 Å². The van der Waals surface area contributed by atoms with Crippen LogP contribution in [0.5, 0.6) is 0 Å². The van der Waals surface area contributed by atoms with Gasteiger partial charge in [-0.1, -0.05) is 51.6 Å². The van der Waals surface area contributed by atoms with Gasteiger partial charge in [0.25, 0.3) is 0 Å². The molecule has 0 saturated carbocycles. The van der Waals surface area contributed by atoms with Gasteiger partial charge in [-0.3, -0.25) is 0 Å². The molecule has 0 heterocycles. The zero-order valence-electron chi connectivity index (χ0n) is 11.0. The Morgan fingerprint density at radius 1 is 1.00 bits per heavy atom. The summed E-state index contributed by atoms with van der Waals surface area (Å²) in [5, 5.41) is 9.87. The van der Waals surface area contributed by atoms with Crippen LogP contribution >= 0.6 is 0 Å². The first-order valence-electron chi connectivity index (χ1n) is 5.65. The smallest absolute Gasteiger partial charge is 0.0840 e. The largest absolute Gasteiger partial charge is 0.386 e. The van der Waals surface area contributed by atoms with Crippen molar-refractivity contribution in [1.29, 1.82) is 0 Å². The first kappa shape index (κ1) is 13.0. The van der Waals surface area contributed by atoms with Gasteiger partial charge in [0.2, 0.25) is 0 Å². The lowest BCUT2D eigenvalue weighted by Crippen LogP contribution is -2.20. The highest BCUT2D eigenvalue weighted by atomic mass is 16.3. The maximum absolute atomic E-state index is 9.87. The van der Waals surface area contributed by atoms with Crippen molar-refractivity contribution in [2.75, 3.05) is 0 Å². The third-order valence-corrected chi connectivity index (χ3v) is 2.84. The molecule has 0 aliphatic rings. The second kappa shape index (κ2) is 4.06. The van der Waals surface area contributed by atoms with Gasteiger partial charge in [-0.25, -0.2) is 0 Å². The summed E-state index contributed by atoms with van der Waals surface area (Å²) in [4.78, 5) is 0. The van der Waals surface area contributed by atoms with Crippen LogP contribution in [0.25, 0.3) is 5.57 Å². The average Bonchev–Trinajstić information content (AvgIpc) is 2.14. The van der Waals surface area contributed by atoms with Gasteiger partial charge >= 0.3 is 0 Å². The molecule has 16 heavy (non-hydrogen) atoms. The summed E-state index contributed by atoms with van der Waals surface area (Å²) in [5.41, 5.74) is 2.35. The zero-order chi connectivity index (χ0) is 12.6. The normalized spacial score (nSPS) is 12.6. The van der Waals surface area contributed by atoms with Crippen molar-refractivity contribution in [3.05, 3.63) is 42.0 Å². The predicted molar refractivity (Wildman–Crippen MR) is 70.5 cm³/mol. The molecule has 0 bridgehead atoms. The minimum atomic E-state index is -0.858. The van der Waals surface area contributed by atoms with Crippen molar-refractivity contribution in [3.8, 4) is 0 Å². The summed E-state index contributed by atoms with van der Waals surface area (Å²) in [6.07, 6.45) is 0. The molecule has 0 atom stereocenters. The summed E-state index contributed by atoms with van der Waals surface area (Å²) in [5.74, 6) is 0. The fraction of sp³-hybridized carbons (Fsp3) is 0.467. The van der Waals surface area contributed by atoms with Crippen LogP contribution in [-0.2, 0) is 5.41 Å². The molecule has 0 unspecified atom stereocenters. The Hall–Kier alpha value is -1.08. The van der Waals surface area contributed by atoms with Gasteiger partial charge in [0.05, 0.1) is 5.60 Å². The number of hydrogen-bond acceptors (Lipinski definition) is 1. The predicted octanol–water partition coefficient (Wildman–Crippen LogP) is 3.77. The molecular weight excluding hydrogens is 196 g/mol. The summed E-state index contributed by atoms with van der Waals surface area (Å²) in [6.45, 7) is 14.0. The third kappa shape index (κ3) is 2.96. The molecule has 1 rings (SSSR count). The van der Waals surface area contributed by atoms with E-state index in [1.54, 1.807) is 13.8 Å². The van der Waals surface area contributed by atoms with E-state index in [1.165, 1.54) is 5.56 Å². The highest BCUT2D eigenvalue weighted by molar-refractivity contribution is 5.69. The molecule has 0 spiro atoms. The first-order valence-corrected chi connectivity index (χ1v) is 5.65. The molecule has 0 amide bonds. The Morgan fingerprint density at radius 3 is 1.75 bits per heavy atom. The molecule has 0 fully saturated rings. The maximum Gasteiger partial charge on any atom is 0.0840 e. The second-order valence-corrected chi connectivity index (χ2v) is 5.86. The van der Waals surface area contributed by atoms with Gasteiger partial charge in [0.15, 0.2) is 0 Å². The molecular formula is C15H22O. The maximum atomic E-state index is 9.87. The zero-order valence-corrected chi connectivity index (χ0v) is 11.0. The highest BCUT2D eigenvalue weighted by Gasteiger charge is 2.19. The van der Waals surface area contributed by atoms with Crippen molar-refractivity contribution in [1.82, 2.24) is 0 Å². The molecule has 1 aromatic carbocycles. The second-order valence-electron chi connectivity index (χ2n) is 5.86. The van der Waals surface area contributed by atoms with E-state index in [9.17, 15) is 5.11 Å². The van der Waals surface area contributed by atoms with E-state index in [0.29, 0.717) is 0 Å². The summed E-state index contributed by atoms with van der Waals surface area (Å²) in [6, 6.07) is 8.26. The lowest BCUT2D eigenvalue weighted by atomic mass is 9.85. The van der Waals surface area contributed by atoms with Crippen LogP contribution in [0, 0.1) is 0 Å². The van der Waals surface area contributed by atoms with Crippen LogP contribution in [-0.4, -0.2) is 10.7 Å². The lowest BCUT2D eigenvalue weighted by Gasteiger charge is -2.23. The minimum absolute atomic E-state index is 0.161. The van der Waals surface area contributed by atoms with Crippen LogP contribution in [0.15, 0.2) is 30.8 Å². The summed E-state index contributed by atoms with van der Waals surface area (Å²) >= 11 is 0. The van der Waals surface area contributed by atoms with Gasteiger partial charge in [-0.2, -0.15) is 0 Å². The van der Waals surface area contributed by atoms with Crippen molar-refractivity contribution in [3.63, 3.8) is 0 Å². The molecule has 0 saturated heterocycles. The quantitative estimate of drug-likeness (QED) is 0.801. The number of hydrogen-bond donors (Lipinski definition) is 1.